The van der Waals surface area contributed by atoms with E-state index in [-0.39, 0.29) is 17.9 Å². The van der Waals surface area contributed by atoms with Crippen LogP contribution < -0.4 is 5.32 Å². The molecule has 0 aliphatic heterocycles. The molecule has 1 N–H and O–H groups in total. The zero-order valence-electron chi connectivity index (χ0n) is 9.14. The standard InChI is InChI=1S/C12H16FNO/c1-4-9(8(2)3)14-10(15)11-5-12(13,6-11)7-11/h1,8-9H,5-7H2,2-3H3,(H,14,15)/t9-,11?,12?/m1/s1. The maximum absolute atomic E-state index is 13.2. The van der Waals surface area contributed by atoms with Gasteiger partial charge in [0.15, 0.2) is 0 Å². The van der Waals surface area contributed by atoms with Gasteiger partial charge < -0.3 is 5.32 Å². The van der Waals surface area contributed by atoms with Crippen LogP contribution in [0.15, 0.2) is 0 Å². The van der Waals surface area contributed by atoms with Crippen LogP contribution in [0, 0.1) is 23.7 Å². The van der Waals surface area contributed by atoms with Crippen molar-refractivity contribution < 1.29 is 9.18 Å². The number of terminal acetylenes is 1. The highest BCUT2D eigenvalue weighted by atomic mass is 19.1. The van der Waals surface area contributed by atoms with Gasteiger partial charge in [-0.2, -0.15) is 0 Å². The predicted octanol–water partition coefficient (Wildman–Crippen LogP) is 1.65. The van der Waals surface area contributed by atoms with Crippen molar-refractivity contribution in [2.75, 3.05) is 0 Å². The van der Waals surface area contributed by atoms with E-state index in [0.717, 1.165) is 0 Å². The smallest absolute Gasteiger partial charge is 0.227 e. The molecule has 1 amide bonds. The first-order valence-corrected chi connectivity index (χ1v) is 5.37. The Bertz CT molecular complexity index is 322. The molecule has 3 heteroatoms. The van der Waals surface area contributed by atoms with Crippen LogP contribution in [0.25, 0.3) is 0 Å². The second-order valence-corrected chi connectivity index (χ2v) is 5.32. The summed E-state index contributed by atoms with van der Waals surface area (Å²) in [6.07, 6.45) is 6.50. The number of nitrogens with one attached hydrogen (secondary N) is 1. The van der Waals surface area contributed by atoms with E-state index >= 15 is 0 Å². The van der Waals surface area contributed by atoms with E-state index in [1.54, 1.807) is 0 Å². The van der Waals surface area contributed by atoms with E-state index in [4.69, 9.17) is 6.42 Å². The van der Waals surface area contributed by atoms with Crippen molar-refractivity contribution in [3.05, 3.63) is 0 Å². The van der Waals surface area contributed by atoms with Crippen molar-refractivity contribution in [1.82, 2.24) is 5.32 Å². The summed E-state index contributed by atoms with van der Waals surface area (Å²) in [5.41, 5.74) is -1.44. The molecule has 2 bridgehead atoms. The second kappa shape index (κ2) is 2.98. The summed E-state index contributed by atoms with van der Waals surface area (Å²) in [6, 6.07) is -0.234. The van der Waals surface area contributed by atoms with Crippen molar-refractivity contribution in [2.45, 2.75) is 44.8 Å². The average molecular weight is 209 g/mol. The summed E-state index contributed by atoms with van der Waals surface area (Å²) in [6.45, 7) is 3.92. The Balaban J connectivity index is 1.91. The third-order valence-electron chi connectivity index (χ3n) is 3.58. The monoisotopic (exact) mass is 209 g/mol. The van der Waals surface area contributed by atoms with Crippen LogP contribution in [-0.2, 0) is 4.79 Å². The summed E-state index contributed by atoms with van der Waals surface area (Å²) < 4.78 is 13.2. The van der Waals surface area contributed by atoms with Gasteiger partial charge in [0.1, 0.15) is 5.67 Å². The first kappa shape index (κ1) is 10.5. The molecule has 3 aliphatic rings. The van der Waals surface area contributed by atoms with Crippen LogP contribution in [0.3, 0.4) is 0 Å². The number of rotatable bonds is 3. The third-order valence-corrected chi connectivity index (χ3v) is 3.58. The number of hydrogen-bond donors (Lipinski definition) is 1. The Labute approximate surface area is 89.6 Å². The van der Waals surface area contributed by atoms with Gasteiger partial charge in [-0.1, -0.05) is 19.8 Å². The van der Waals surface area contributed by atoms with Gasteiger partial charge in [0.2, 0.25) is 5.91 Å². The summed E-state index contributed by atoms with van der Waals surface area (Å²) in [5.74, 6) is 2.71. The SMILES string of the molecule is C#C[C@@H](NC(=O)C12CC(F)(C1)C2)C(C)C. The highest BCUT2D eigenvalue weighted by molar-refractivity contribution is 5.87. The summed E-state index contributed by atoms with van der Waals surface area (Å²) in [4.78, 5) is 11.8. The van der Waals surface area contributed by atoms with Crippen LogP contribution >= 0.6 is 0 Å². The molecule has 15 heavy (non-hydrogen) atoms. The van der Waals surface area contributed by atoms with Gasteiger partial charge >= 0.3 is 0 Å². The predicted molar refractivity (Wildman–Crippen MR) is 55.7 cm³/mol. The lowest BCUT2D eigenvalue weighted by molar-refractivity contribution is -0.214. The quantitative estimate of drug-likeness (QED) is 0.704. The third kappa shape index (κ3) is 1.43. The molecule has 3 saturated carbocycles. The van der Waals surface area contributed by atoms with E-state index in [2.05, 4.69) is 11.2 Å². The van der Waals surface area contributed by atoms with Crippen molar-refractivity contribution in [1.29, 1.82) is 0 Å². The maximum Gasteiger partial charge on any atom is 0.227 e. The molecule has 0 heterocycles. The molecule has 0 aromatic carbocycles. The summed E-state index contributed by atoms with van der Waals surface area (Å²) in [5, 5.41) is 2.82. The van der Waals surface area contributed by atoms with Gasteiger partial charge in [0.25, 0.3) is 0 Å². The zero-order valence-corrected chi connectivity index (χ0v) is 9.14. The lowest BCUT2D eigenvalue weighted by Gasteiger charge is -2.64. The highest BCUT2D eigenvalue weighted by Gasteiger charge is 2.72. The van der Waals surface area contributed by atoms with Crippen molar-refractivity contribution in [2.24, 2.45) is 11.3 Å². The number of carbonyl (C=O) groups is 1. The van der Waals surface area contributed by atoms with Gasteiger partial charge in [0.05, 0.1) is 11.5 Å². The van der Waals surface area contributed by atoms with Gasteiger partial charge in [0, 0.05) is 0 Å². The molecule has 0 radical (unpaired) electrons. The lowest BCUT2D eigenvalue weighted by atomic mass is 9.42. The van der Waals surface area contributed by atoms with E-state index in [0.29, 0.717) is 19.3 Å². The molecule has 0 saturated heterocycles. The summed E-state index contributed by atoms with van der Waals surface area (Å²) in [7, 11) is 0. The van der Waals surface area contributed by atoms with Crippen LogP contribution in [0.5, 0.6) is 0 Å². The zero-order chi connectivity index (χ0) is 11.3. The molecule has 2 nitrogen and oxygen atoms in total. The van der Waals surface area contributed by atoms with Crippen LogP contribution in [0.4, 0.5) is 4.39 Å². The Morgan fingerprint density at radius 2 is 2.00 bits per heavy atom. The second-order valence-electron chi connectivity index (χ2n) is 5.32. The Hall–Kier alpha value is -1.04. The van der Waals surface area contributed by atoms with Gasteiger partial charge in [-0.15, -0.1) is 6.42 Å². The van der Waals surface area contributed by atoms with Crippen LogP contribution in [0.2, 0.25) is 0 Å². The fourth-order valence-electron chi connectivity index (χ4n) is 2.60. The molecule has 3 fully saturated rings. The van der Waals surface area contributed by atoms with Crippen molar-refractivity contribution in [3.63, 3.8) is 0 Å². The Morgan fingerprint density at radius 1 is 1.47 bits per heavy atom. The molecular formula is C12H16FNO. The highest BCUT2D eigenvalue weighted by Crippen LogP contribution is 2.69. The fraction of sp³-hybridized carbons (Fsp3) is 0.750. The minimum atomic E-state index is -1.03. The van der Waals surface area contributed by atoms with Crippen molar-refractivity contribution >= 4 is 5.91 Å². The molecule has 82 valence electrons. The molecule has 1 atom stereocenters. The molecule has 0 spiro atoms. The van der Waals surface area contributed by atoms with E-state index in [1.807, 2.05) is 13.8 Å². The Kier molecular flexibility index (Phi) is 2.08. The summed E-state index contributed by atoms with van der Waals surface area (Å²) >= 11 is 0. The van der Waals surface area contributed by atoms with Crippen molar-refractivity contribution in [3.8, 4) is 12.3 Å². The lowest BCUT2D eigenvalue weighted by Crippen LogP contribution is -2.70. The van der Waals surface area contributed by atoms with Gasteiger partial charge in [-0.05, 0) is 25.2 Å². The fourth-order valence-corrected chi connectivity index (χ4v) is 2.60. The average Bonchev–Trinajstić information content (AvgIpc) is 2.06. The van der Waals surface area contributed by atoms with E-state index in [1.165, 1.54) is 0 Å². The largest absolute Gasteiger partial charge is 0.342 e. The topological polar surface area (TPSA) is 29.1 Å². The molecule has 0 aromatic heterocycles. The van der Waals surface area contributed by atoms with Crippen LogP contribution in [0.1, 0.15) is 33.1 Å². The van der Waals surface area contributed by atoms with E-state index < -0.39 is 11.1 Å². The molecular weight excluding hydrogens is 193 g/mol. The minimum Gasteiger partial charge on any atom is -0.342 e. The number of carbonyl (C=O) groups excluding carboxylic acids is 1. The molecule has 0 aromatic rings. The maximum atomic E-state index is 13.2. The molecule has 0 unspecified atom stereocenters. The number of alkyl halides is 1. The molecule has 3 rings (SSSR count). The number of amides is 1. The van der Waals surface area contributed by atoms with Crippen LogP contribution in [-0.4, -0.2) is 17.6 Å². The number of hydrogen-bond acceptors (Lipinski definition) is 1. The Morgan fingerprint density at radius 3 is 2.33 bits per heavy atom. The number of halogens is 1. The normalized spacial score (nSPS) is 38.6. The van der Waals surface area contributed by atoms with Gasteiger partial charge in [-0.25, -0.2) is 4.39 Å². The molecule has 3 aliphatic carbocycles. The van der Waals surface area contributed by atoms with E-state index in [9.17, 15) is 9.18 Å². The minimum absolute atomic E-state index is 0.0568. The van der Waals surface area contributed by atoms with Gasteiger partial charge in [-0.3, -0.25) is 4.79 Å². The first-order valence-electron chi connectivity index (χ1n) is 5.37. The first-order chi connectivity index (χ1) is 6.91.